The standard InChI is InChI=1S/C17H16ClN3O4S/c1-11(2)16(22)19-12-6-8-13(9-7-12)25-26(23,24)17-15(18)20-14-5-3-4-10-21(14)17/h3-11H,1-2H3,(H,19,22). The largest absolute Gasteiger partial charge is 0.378 e. The van der Waals surface area contributed by atoms with Crippen LogP contribution >= 0.6 is 11.6 Å². The van der Waals surface area contributed by atoms with Gasteiger partial charge >= 0.3 is 10.1 Å². The predicted octanol–water partition coefficient (Wildman–Crippen LogP) is 3.35. The Kier molecular flexibility index (Phi) is 4.88. The van der Waals surface area contributed by atoms with Gasteiger partial charge in [-0.25, -0.2) is 4.98 Å². The van der Waals surface area contributed by atoms with Gasteiger partial charge in [0.1, 0.15) is 11.4 Å². The topological polar surface area (TPSA) is 89.8 Å². The van der Waals surface area contributed by atoms with Gasteiger partial charge in [-0.2, -0.15) is 8.42 Å². The number of hydrogen-bond donors (Lipinski definition) is 1. The van der Waals surface area contributed by atoms with Crippen molar-refractivity contribution in [1.29, 1.82) is 0 Å². The van der Waals surface area contributed by atoms with E-state index in [0.717, 1.165) is 0 Å². The lowest BCUT2D eigenvalue weighted by Gasteiger charge is -2.10. The molecular weight excluding hydrogens is 378 g/mol. The first kappa shape index (κ1) is 18.2. The molecule has 1 amide bonds. The highest BCUT2D eigenvalue weighted by molar-refractivity contribution is 7.87. The fraction of sp³-hybridized carbons (Fsp3) is 0.176. The van der Waals surface area contributed by atoms with Gasteiger partial charge in [0.25, 0.3) is 0 Å². The van der Waals surface area contributed by atoms with Crippen LogP contribution in [0.3, 0.4) is 0 Å². The Labute approximate surface area is 155 Å². The number of carbonyl (C=O) groups excluding carboxylic acids is 1. The maximum atomic E-state index is 12.6. The van der Waals surface area contributed by atoms with Gasteiger partial charge in [0.05, 0.1) is 0 Å². The monoisotopic (exact) mass is 393 g/mol. The molecule has 0 saturated heterocycles. The molecule has 0 aliphatic carbocycles. The second-order valence-corrected chi connectivity index (χ2v) is 7.66. The number of fused-ring (bicyclic) bond motifs is 1. The van der Waals surface area contributed by atoms with Gasteiger partial charge in [-0.05, 0) is 36.4 Å². The maximum absolute atomic E-state index is 12.6. The Morgan fingerprint density at radius 3 is 2.54 bits per heavy atom. The van der Waals surface area contributed by atoms with E-state index in [1.807, 2.05) is 0 Å². The molecule has 0 fully saturated rings. The van der Waals surface area contributed by atoms with Crippen molar-refractivity contribution in [2.24, 2.45) is 5.92 Å². The minimum Gasteiger partial charge on any atom is -0.378 e. The zero-order chi connectivity index (χ0) is 18.9. The molecule has 0 spiro atoms. The van der Waals surface area contributed by atoms with Gasteiger partial charge in [0, 0.05) is 17.8 Å². The summed E-state index contributed by atoms with van der Waals surface area (Å²) in [6.45, 7) is 3.55. The van der Waals surface area contributed by atoms with Gasteiger partial charge in [-0.1, -0.05) is 31.5 Å². The summed E-state index contributed by atoms with van der Waals surface area (Å²) in [7, 11) is -4.20. The number of imidazole rings is 1. The van der Waals surface area contributed by atoms with Crippen molar-refractivity contribution >= 4 is 39.0 Å². The molecule has 136 valence electrons. The average Bonchev–Trinajstić information content (AvgIpc) is 2.92. The Balaban J connectivity index is 1.85. The summed E-state index contributed by atoms with van der Waals surface area (Å²) in [4.78, 5) is 15.7. The Morgan fingerprint density at radius 2 is 1.88 bits per heavy atom. The number of pyridine rings is 1. The number of amides is 1. The highest BCUT2D eigenvalue weighted by atomic mass is 35.5. The number of anilines is 1. The normalized spacial score (nSPS) is 11.7. The molecule has 0 radical (unpaired) electrons. The summed E-state index contributed by atoms with van der Waals surface area (Å²) in [5, 5.41) is 2.30. The SMILES string of the molecule is CC(C)C(=O)Nc1ccc(OS(=O)(=O)c2c(Cl)nc3ccccn23)cc1. The van der Waals surface area contributed by atoms with Gasteiger partial charge in [-0.3, -0.25) is 9.20 Å². The van der Waals surface area contributed by atoms with E-state index >= 15 is 0 Å². The van der Waals surface area contributed by atoms with Crippen LogP contribution in [0.2, 0.25) is 5.15 Å². The molecule has 3 aromatic rings. The molecule has 0 aliphatic rings. The number of rotatable bonds is 5. The third-order valence-corrected chi connectivity index (χ3v) is 5.19. The number of benzene rings is 1. The first-order valence-corrected chi connectivity index (χ1v) is 9.54. The molecule has 7 nitrogen and oxygen atoms in total. The highest BCUT2D eigenvalue weighted by Gasteiger charge is 2.26. The van der Waals surface area contributed by atoms with Gasteiger partial charge in [0.2, 0.25) is 10.9 Å². The van der Waals surface area contributed by atoms with Crippen LogP contribution in [-0.2, 0) is 14.9 Å². The summed E-state index contributed by atoms with van der Waals surface area (Å²) in [5.74, 6) is -0.207. The number of hydrogen-bond acceptors (Lipinski definition) is 5. The second kappa shape index (κ2) is 6.97. The zero-order valence-corrected chi connectivity index (χ0v) is 15.6. The Bertz CT molecular complexity index is 1060. The number of nitrogens with one attached hydrogen (secondary N) is 1. The van der Waals surface area contributed by atoms with Crippen LogP contribution in [-0.4, -0.2) is 23.7 Å². The fourth-order valence-electron chi connectivity index (χ4n) is 2.21. The Morgan fingerprint density at radius 1 is 1.19 bits per heavy atom. The van der Waals surface area contributed by atoms with Crippen LogP contribution in [0.15, 0.2) is 53.7 Å². The Hall–Kier alpha value is -2.58. The lowest BCUT2D eigenvalue weighted by atomic mass is 10.2. The van der Waals surface area contributed by atoms with Crippen molar-refractivity contribution in [3.8, 4) is 5.75 Å². The molecule has 0 atom stereocenters. The first-order valence-electron chi connectivity index (χ1n) is 7.76. The number of aromatic nitrogens is 2. The molecule has 2 aromatic heterocycles. The lowest BCUT2D eigenvalue weighted by molar-refractivity contribution is -0.118. The van der Waals surface area contributed by atoms with Gasteiger partial charge in [-0.15, -0.1) is 0 Å². The minimum absolute atomic E-state index is 0.0921. The minimum atomic E-state index is -4.20. The molecule has 3 rings (SSSR count). The quantitative estimate of drug-likeness (QED) is 0.671. The van der Waals surface area contributed by atoms with E-state index in [-0.39, 0.29) is 27.8 Å². The summed E-state index contributed by atoms with van der Waals surface area (Å²) in [6.07, 6.45) is 1.54. The maximum Gasteiger partial charge on any atom is 0.358 e. The number of nitrogens with zero attached hydrogens (tertiary/aromatic N) is 2. The summed E-state index contributed by atoms with van der Waals surface area (Å²) in [6, 6.07) is 11.0. The van der Waals surface area contributed by atoms with E-state index in [1.54, 1.807) is 44.2 Å². The second-order valence-electron chi connectivity index (χ2n) is 5.84. The first-order chi connectivity index (χ1) is 12.3. The summed E-state index contributed by atoms with van der Waals surface area (Å²) < 4.78 is 31.7. The number of halogens is 1. The molecule has 0 saturated carbocycles. The van der Waals surface area contributed by atoms with Crippen LogP contribution in [0.1, 0.15) is 13.8 Å². The predicted molar refractivity (Wildman–Crippen MR) is 97.9 cm³/mol. The molecule has 1 aromatic carbocycles. The average molecular weight is 394 g/mol. The molecule has 26 heavy (non-hydrogen) atoms. The van der Waals surface area contributed by atoms with Crippen molar-refractivity contribution < 1.29 is 17.4 Å². The van der Waals surface area contributed by atoms with Crippen molar-refractivity contribution in [1.82, 2.24) is 9.38 Å². The van der Waals surface area contributed by atoms with Crippen LogP contribution < -0.4 is 9.50 Å². The summed E-state index contributed by atoms with van der Waals surface area (Å²) in [5.41, 5.74) is 0.938. The highest BCUT2D eigenvalue weighted by Crippen LogP contribution is 2.26. The van der Waals surface area contributed by atoms with Crippen molar-refractivity contribution in [2.75, 3.05) is 5.32 Å². The molecule has 0 unspecified atom stereocenters. The van der Waals surface area contributed by atoms with E-state index < -0.39 is 10.1 Å². The van der Waals surface area contributed by atoms with Gasteiger partial charge < -0.3 is 9.50 Å². The van der Waals surface area contributed by atoms with Crippen molar-refractivity contribution in [3.63, 3.8) is 0 Å². The smallest absolute Gasteiger partial charge is 0.358 e. The third kappa shape index (κ3) is 3.66. The molecule has 1 N–H and O–H groups in total. The molecular formula is C17H16ClN3O4S. The molecule has 2 heterocycles. The van der Waals surface area contributed by atoms with Crippen molar-refractivity contribution in [3.05, 3.63) is 53.8 Å². The van der Waals surface area contributed by atoms with Crippen LogP contribution in [0.4, 0.5) is 5.69 Å². The van der Waals surface area contributed by atoms with Crippen LogP contribution in [0, 0.1) is 5.92 Å². The third-order valence-electron chi connectivity index (χ3n) is 3.54. The van der Waals surface area contributed by atoms with Gasteiger partial charge in [0.15, 0.2) is 5.15 Å². The van der Waals surface area contributed by atoms with Crippen LogP contribution in [0.5, 0.6) is 5.75 Å². The van der Waals surface area contributed by atoms with E-state index in [4.69, 9.17) is 15.8 Å². The summed E-state index contributed by atoms with van der Waals surface area (Å²) >= 11 is 5.99. The molecule has 0 aliphatic heterocycles. The van der Waals surface area contributed by atoms with E-state index in [9.17, 15) is 13.2 Å². The molecule has 9 heteroatoms. The lowest BCUT2D eigenvalue weighted by Crippen LogP contribution is -2.17. The number of carbonyl (C=O) groups is 1. The molecule has 0 bridgehead atoms. The van der Waals surface area contributed by atoms with Crippen molar-refractivity contribution in [2.45, 2.75) is 18.9 Å². The van der Waals surface area contributed by atoms with E-state index in [1.165, 1.54) is 22.7 Å². The van der Waals surface area contributed by atoms with E-state index in [2.05, 4.69) is 10.3 Å². The zero-order valence-electron chi connectivity index (χ0n) is 14.0. The fourth-order valence-corrected chi connectivity index (χ4v) is 3.77. The van der Waals surface area contributed by atoms with Crippen LogP contribution in [0.25, 0.3) is 5.65 Å². The van der Waals surface area contributed by atoms with E-state index in [0.29, 0.717) is 11.3 Å².